The van der Waals surface area contributed by atoms with Crippen LogP contribution in [0.2, 0.25) is 0 Å². The van der Waals surface area contributed by atoms with Gasteiger partial charge in [0, 0.05) is 12.8 Å². The Morgan fingerprint density at radius 2 is 0.956 bits per heavy atom. The van der Waals surface area contributed by atoms with Crippen LogP contribution in [0.25, 0.3) is 0 Å². The van der Waals surface area contributed by atoms with Gasteiger partial charge in [-0.3, -0.25) is 9.59 Å². The molecule has 0 saturated heterocycles. The Balaban J connectivity index is 3.69. The van der Waals surface area contributed by atoms with E-state index in [4.69, 9.17) is 9.47 Å². The second kappa shape index (κ2) is 36.1. The first-order valence-electron chi connectivity index (χ1n) is 18.3. The van der Waals surface area contributed by atoms with E-state index in [0.29, 0.717) is 12.8 Å². The molecule has 45 heavy (non-hydrogen) atoms. The lowest BCUT2D eigenvalue weighted by atomic mass is 10.0. The van der Waals surface area contributed by atoms with Crippen LogP contribution in [0.4, 0.5) is 0 Å². The molecule has 0 fully saturated rings. The average molecular weight is 629 g/mol. The number of aliphatic hydroxyl groups is 1. The molecule has 1 N–H and O–H groups in total. The van der Waals surface area contributed by atoms with Gasteiger partial charge in [-0.25, -0.2) is 0 Å². The largest absolute Gasteiger partial charge is 0.462 e. The monoisotopic (exact) mass is 629 g/mol. The molecule has 0 saturated carbocycles. The molecule has 5 heteroatoms. The zero-order chi connectivity index (χ0) is 32.9. The predicted octanol–water partition coefficient (Wildman–Crippen LogP) is 11.2. The molecule has 0 aromatic heterocycles. The molecule has 1 unspecified atom stereocenters. The fourth-order valence-electron chi connectivity index (χ4n) is 4.82. The quantitative estimate of drug-likeness (QED) is 0.0456. The van der Waals surface area contributed by atoms with Crippen molar-refractivity contribution in [1.82, 2.24) is 0 Å². The van der Waals surface area contributed by atoms with E-state index in [1.807, 2.05) is 0 Å². The topological polar surface area (TPSA) is 72.8 Å². The summed E-state index contributed by atoms with van der Waals surface area (Å²) in [5.41, 5.74) is 0. The lowest BCUT2D eigenvalue weighted by molar-refractivity contribution is -0.161. The standard InChI is InChI=1S/C40H68O5/c1-3-5-7-9-11-13-15-17-19-20-21-23-25-27-29-31-33-35-40(43)45-38(36-41)37-44-39(42)34-32-30-28-26-24-22-18-16-14-12-10-8-6-4-2/h5,7,11,13,17,19,21,23,27,29,38,41H,3-4,6,8-10,12,14-16,18,20,22,24-26,28,30-37H2,1-2H3/b7-5-,13-11-,19-17-,23-21-,29-27-. The summed E-state index contributed by atoms with van der Waals surface area (Å²) in [6.45, 7) is 3.96. The predicted molar refractivity (Wildman–Crippen MR) is 191 cm³/mol. The zero-order valence-corrected chi connectivity index (χ0v) is 29.1. The molecular formula is C40H68O5. The first kappa shape index (κ1) is 42.6. The number of hydrogen-bond acceptors (Lipinski definition) is 5. The summed E-state index contributed by atoms with van der Waals surface area (Å²) >= 11 is 0. The molecular weight excluding hydrogens is 560 g/mol. The third kappa shape index (κ3) is 34.3. The van der Waals surface area contributed by atoms with Crippen LogP contribution in [-0.2, 0) is 19.1 Å². The highest BCUT2D eigenvalue weighted by molar-refractivity contribution is 5.70. The Bertz CT molecular complexity index is 808. The van der Waals surface area contributed by atoms with Crippen molar-refractivity contribution in [3.63, 3.8) is 0 Å². The summed E-state index contributed by atoms with van der Waals surface area (Å²) in [5, 5.41) is 9.52. The van der Waals surface area contributed by atoms with Crippen LogP contribution < -0.4 is 0 Å². The summed E-state index contributed by atoms with van der Waals surface area (Å²) in [4.78, 5) is 24.2. The maximum absolute atomic E-state index is 12.1. The SMILES string of the molecule is CC/C=C\C/C=C\C/C=C\C/C=C\C/C=C\CCCC(=O)OC(CO)COC(=O)CCCCCCCCCCCCCCCC. The van der Waals surface area contributed by atoms with Crippen molar-refractivity contribution in [2.24, 2.45) is 0 Å². The minimum absolute atomic E-state index is 0.0888. The number of unbranched alkanes of at least 4 members (excludes halogenated alkanes) is 14. The number of carbonyl (C=O) groups excluding carboxylic acids is 2. The smallest absolute Gasteiger partial charge is 0.306 e. The van der Waals surface area contributed by atoms with Gasteiger partial charge in [-0.1, -0.05) is 158 Å². The van der Waals surface area contributed by atoms with Crippen molar-refractivity contribution in [3.05, 3.63) is 60.8 Å². The summed E-state index contributed by atoms with van der Waals surface area (Å²) in [6, 6.07) is 0. The molecule has 0 amide bonds. The highest BCUT2D eigenvalue weighted by Crippen LogP contribution is 2.13. The Hall–Kier alpha value is -2.40. The Morgan fingerprint density at radius 3 is 1.42 bits per heavy atom. The van der Waals surface area contributed by atoms with Crippen LogP contribution in [0, 0.1) is 0 Å². The first-order valence-corrected chi connectivity index (χ1v) is 18.3. The fourth-order valence-corrected chi connectivity index (χ4v) is 4.82. The maximum Gasteiger partial charge on any atom is 0.306 e. The van der Waals surface area contributed by atoms with Crippen LogP contribution in [0.1, 0.15) is 162 Å². The first-order chi connectivity index (χ1) is 22.1. The molecule has 0 aliphatic carbocycles. The molecule has 0 spiro atoms. The molecule has 0 aromatic rings. The van der Waals surface area contributed by atoms with Gasteiger partial charge in [0.1, 0.15) is 6.61 Å². The van der Waals surface area contributed by atoms with Crippen LogP contribution in [-0.4, -0.2) is 36.4 Å². The zero-order valence-electron chi connectivity index (χ0n) is 29.1. The van der Waals surface area contributed by atoms with Gasteiger partial charge in [-0.15, -0.1) is 0 Å². The van der Waals surface area contributed by atoms with Crippen molar-refractivity contribution >= 4 is 11.9 Å². The number of allylic oxidation sites excluding steroid dienone is 10. The molecule has 0 bridgehead atoms. The third-order valence-corrected chi connectivity index (χ3v) is 7.58. The summed E-state index contributed by atoms with van der Waals surface area (Å²) in [6.07, 6.45) is 45.6. The van der Waals surface area contributed by atoms with Crippen LogP contribution in [0.15, 0.2) is 60.8 Å². The van der Waals surface area contributed by atoms with Crippen molar-refractivity contribution in [3.8, 4) is 0 Å². The van der Waals surface area contributed by atoms with Crippen LogP contribution in [0.3, 0.4) is 0 Å². The Morgan fingerprint density at radius 1 is 0.533 bits per heavy atom. The maximum atomic E-state index is 12.1. The molecule has 258 valence electrons. The summed E-state index contributed by atoms with van der Waals surface area (Å²) in [7, 11) is 0. The van der Waals surface area contributed by atoms with Gasteiger partial charge in [-0.05, 0) is 51.4 Å². The molecule has 0 rings (SSSR count). The normalized spacial score (nSPS) is 12.9. The number of esters is 2. The second-order valence-corrected chi connectivity index (χ2v) is 11.9. The van der Waals surface area contributed by atoms with Crippen molar-refractivity contribution in [2.75, 3.05) is 13.2 Å². The number of carbonyl (C=O) groups is 2. The van der Waals surface area contributed by atoms with Gasteiger partial charge in [-0.2, -0.15) is 0 Å². The van der Waals surface area contributed by atoms with E-state index in [9.17, 15) is 14.7 Å². The number of hydrogen-bond donors (Lipinski definition) is 1. The van der Waals surface area contributed by atoms with E-state index in [1.165, 1.54) is 70.6 Å². The average Bonchev–Trinajstić information content (AvgIpc) is 3.04. The van der Waals surface area contributed by atoms with E-state index in [1.54, 1.807) is 0 Å². The van der Waals surface area contributed by atoms with E-state index in [2.05, 4.69) is 74.6 Å². The second-order valence-electron chi connectivity index (χ2n) is 11.9. The van der Waals surface area contributed by atoms with Gasteiger partial charge in [0.25, 0.3) is 0 Å². The van der Waals surface area contributed by atoms with Gasteiger partial charge in [0.15, 0.2) is 6.10 Å². The van der Waals surface area contributed by atoms with Gasteiger partial charge in [0.05, 0.1) is 6.61 Å². The third-order valence-electron chi connectivity index (χ3n) is 7.58. The van der Waals surface area contributed by atoms with Crippen LogP contribution in [0.5, 0.6) is 0 Å². The summed E-state index contributed by atoms with van der Waals surface area (Å²) in [5.74, 6) is -0.661. The number of rotatable bonds is 32. The molecule has 5 nitrogen and oxygen atoms in total. The minimum atomic E-state index is -0.800. The van der Waals surface area contributed by atoms with E-state index >= 15 is 0 Å². The van der Waals surface area contributed by atoms with E-state index in [0.717, 1.165) is 57.8 Å². The molecule has 0 heterocycles. The van der Waals surface area contributed by atoms with E-state index < -0.39 is 6.10 Å². The van der Waals surface area contributed by atoms with Crippen molar-refractivity contribution in [2.45, 2.75) is 168 Å². The minimum Gasteiger partial charge on any atom is -0.462 e. The molecule has 0 aromatic carbocycles. The number of ether oxygens (including phenoxy) is 2. The van der Waals surface area contributed by atoms with E-state index in [-0.39, 0.29) is 31.6 Å². The lowest BCUT2D eigenvalue weighted by Gasteiger charge is -2.15. The van der Waals surface area contributed by atoms with Gasteiger partial charge >= 0.3 is 11.9 Å². The Labute approximate surface area is 277 Å². The molecule has 1 atom stereocenters. The lowest BCUT2D eigenvalue weighted by Crippen LogP contribution is -2.28. The summed E-state index contributed by atoms with van der Waals surface area (Å²) < 4.78 is 10.5. The molecule has 0 radical (unpaired) electrons. The highest BCUT2D eigenvalue weighted by Gasteiger charge is 2.15. The van der Waals surface area contributed by atoms with Gasteiger partial charge < -0.3 is 14.6 Å². The fraction of sp³-hybridized carbons (Fsp3) is 0.700. The molecule has 0 aliphatic heterocycles. The van der Waals surface area contributed by atoms with Crippen molar-refractivity contribution in [1.29, 1.82) is 0 Å². The van der Waals surface area contributed by atoms with Crippen molar-refractivity contribution < 1.29 is 24.2 Å². The number of aliphatic hydroxyl groups excluding tert-OH is 1. The van der Waals surface area contributed by atoms with Crippen LogP contribution >= 0.6 is 0 Å². The highest BCUT2D eigenvalue weighted by atomic mass is 16.6. The Kier molecular flexibility index (Phi) is 34.1. The molecule has 0 aliphatic rings. The van der Waals surface area contributed by atoms with Gasteiger partial charge in [0.2, 0.25) is 0 Å².